The summed E-state index contributed by atoms with van der Waals surface area (Å²) in [5, 5.41) is 8.02. The highest BCUT2D eigenvalue weighted by molar-refractivity contribution is 6.30. The van der Waals surface area contributed by atoms with Crippen LogP contribution >= 0.6 is 11.6 Å². The van der Waals surface area contributed by atoms with Gasteiger partial charge < -0.3 is 9.72 Å². The molecule has 0 spiro atoms. The average molecular weight is 330 g/mol. The van der Waals surface area contributed by atoms with Crippen molar-refractivity contribution < 1.29 is 4.79 Å². The fourth-order valence-corrected chi connectivity index (χ4v) is 3.68. The fraction of sp³-hybridized carbons (Fsp3) is 0.312. The van der Waals surface area contributed by atoms with Crippen molar-refractivity contribution in [1.29, 1.82) is 0 Å². The minimum Gasteiger partial charge on any atom is -0.311 e. The molecule has 1 unspecified atom stereocenters. The second kappa shape index (κ2) is 4.83. The number of pyridine rings is 1. The van der Waals surface area contributed by atoms with Gasteiger partial charge in [0.05, 0.1) is 22.1 Å². The Bertz CT molecular complexity index is 955. The number of fused-ring (bicyclic) bond motifs is 2. The maximum atomic E-state index is 12.2. The molecule has 1 atom stereocenters. The molecule has 3 aromatic heterocycles. The molecule has 1 aliphatic heterocycles. The summed E-state index contributed by atoms with van der Waals surface area (Å²) >= 11 is 6.16. The molecule has 4 rings (SSSR count). The van der Waals surface area contributed by atoms with Crippen molar-refractivity contribution in [2.45, 2.75) is 26.2 Å². The van der Waals surface area contributed by atoms with E-state index in [2.05, 4.69) is 15.4 Å². The van der Waals surface area contributed by atoms with Crippen LogP contribution in [-0.4, -0.2) is 25.1 Å². The van der Waals surface area contributed by atoms with E-state index < -0.39 is 0 Å². The number of aromatic nitrogens is 4. The Hall–Kier alpha value is -2.34. The number of carbonyl (C=O) groups excluding carboxylic acids is 1. The van der Waals surface area contributed by atoms with E-state index in [1.165, 1.54) is 0 Å². The summed E-state index contributed by atoms with van der Waals surface area (Å²) in [6, 6.07) is 3.71. The molecule has 6 nitrogen and oxygen atoms in total. The van der Waals surface area contributed by atoms with Gasteiger partial charge in [0.25, 0.3) is 0 Å². The third-order valence-electron chi connectivity index (χ3n) is 4.40. The minimum atomic E-state index is -0.0825. The van der Waals surface area contributed by atoms with Crippen LogP contribution in [0.5, 0.6) is 0 Å². The molecule has 3 aromatic rings. The number of hydrogen-bond acceptors (Lipinski definition) is 3. The molecular weight excluding hydrogens is 314 g/mol. The molecule has 1 N–H and O–H groups in total. The third kappa shape index (κ3) is 2.05. The van der Waals surface area contributed by atoms with E-state index in [9.17, 15) is 4.79 Å². The SMILES string of the molecule is Cc1nn(C)c2c1C(c1c(C)nc3ccc(Cl)cn13)CC(=O)N2. The first kappa shape index (κ1) is 14.3. The van der Waals surface area contributed by atoms with Crippen LogP contribution in [0.4, 0.5) is 5.82 Å². The quantitative estimate of drug-likeness (QED) is 0.746. The number of anilines is 1. The molecule has 0 saturated carbocycles. The van der Waals surface area contributed by atoms with E-state index in [1.807, 2.05) is 43.6 Å². The van der Waals surface area contributed by atoms with Crippen LogP contribution in [-0.2, 0) is 11.8 Å². The van der Waals surface area contributed by atoms with Crippen LogP contribution in [0.15, 0.2) is 18.3 Å². The highest BCUT2D eigenvalue weighted by atomic mass is 35.5. The molecule has 0 aliphatic carbocycles. The van der Waals surface area contributed by atoms with Crippen molar-refractivity contribution in [3.05, 3.63) is 46.0 Å². The molecule has 118 valence electrons. The van der Waals surface area contributed by atoms with Crippen molar-refractivity contribution in [2.24, 2.45) is 7.05 Å². The number of amides is 1. The Morgan fingerprint density at radius 1 is 1.30 bits per heavy atom. The average Bonchev–Trinajstić information content (AvgIpc) is 2.95. The Kier molecular flexibility index (Phi) is 2.99. The largest absolute Gasteiger partial charge is 0.311 e. The molecule has 1 aliphatic rings. The lowest BCUT2D eigenvalue weighted by Crippen LogP contribution is -2.25. The van der Waals surface area contributed by atoms with E-state index in [4.69, 9.17) is 11.6 Å². The minimum absolute atomic E-state index is 0.0121. The zero-order valence-corrected chi connectivity index (χ0v) is 13.8. The van der Waals surface area contributed by atoms with Crippen molar-refractivity contribution in [2.75, 3.05) is 5.32 Å². The van der Waals surface area contributed by atoms with Gasteiger partial charge in [-0.3, -0.25) is 9.48 Å². The zero-order valence-electron chi connectivity index (χ0n) is 13.1. The van der Waals surface area contributed by atoms with Gasteiger partial charge in [-0.1, -0.05) is 11.6 Å². The Labute approximate surface area is 138 Å². The Balaban J connectivity index is 2.00. The number of nitrogens with one attached hydrogen (secondary N) is 1. The van der Waals surface area contributed by atoms with Crippen LogP contribution in [0.3, 0.4) is 0 Å². The number of nitrogens with zero attached hydrogens (tertiary/aromatic N) is 4. The fourth-order valence-electron chi connectivity index (χ4n) is 3.52. The van der Waals surface area contributed by atoms with Crippen LogP contribution in [0.25, 0.3) is 5.65 Å². The predicted molar refractivity (Wildman–Crippen MR) is 88.0 cm³/mol. The molecule has 0 bridgehead atoms. The van der Waals surface area contributed by atoms with E-state index in [0.717, 1.165) is 34.1 Å². The molecule has 7 heteroatoms. The molecule has 23 heavy (non-hydrogen) atoms. The first-order valence-electron chi connectivity index (χ1n) is 7.43. The lowest BCUT2D eigenvalue weighted by molar-refractivity contribution is -0.116. The lowest BCUT2D eigenvalue weighted by atomic mass is 9.88. The monoisotopic (exact) mass is 329 g/mol. The first-order chi connectivity index (χ1) is 11.0. The maximum Gasteiger partial charge on any atom is 0.226 e. The van der Waals surface area contributed by atoms with Gasteiger partial charge in [-0.05, 0) is 26.0 Å². The van der Waals surface area contributed by atoms with Crippen molar-refractivity contribution in [3.63, 3.8) is 0 Å². The van der Waals surface area contributed by atoms with E-state index in [-0.39, 0.29) is 11.8 Å². The Morgan fingerprint density at radius 3 is 2.87 bits per heavy atom. The van der Waals surface area contributed by atoms with Crippen LogP contribution in [0.1, 0.15) is 35.0 Å². The van der Waals surface area contributed by atoms with Gasteiger partial charge >= 0.3 is 0 Å². The van der Waals surface area contributed by atoms with Gasteiger partial charge in [-0.25, -0.2) is 4.98 Å². The third-order valence-corrected chi connectivity index (χ3v) is 4.62. The highest BCUT2D eigenvalue weighted by Gasteiger charge is 2.34. The van der Waals surface area contributed by atoms with Crippen molar-refractivity contribution in [3.8, 4) is 0 Å². The summed E-state index contributed by atoms with van der Waals surface area (Å²) in [7, 11) is 1.84. The zero-order chi connectivity index (χ0) is 16.3. The molecule has 1 amide bonds. The summed E-state index contributed by atoms with van der Waals surface area (Å²) in [5.41, 5.74) is 4.70. The summed E-state index contributed by atoms with van der Waals surface area (Å²) < 4.78 is 3.71. The Morgan fingerprint density at radius 2 is 2.09 bits per heavy atom. The number of carbonyl (C=O) groups is 1. The van der Waals surface area contributed by atoms with Gasteiger partial charge in [-0.2, -0.15) is 5.10 Å². The highest BCUT2D eigenvalue weighted by Crippen LogP contribution is 2.40. The second-order valence-electron chi connectivity index (χ2n) is 5.93. The van der Waals surface area contributed by atoms with Gasteiger partial charge in [0.1, 0.15) is 11.5 Å². The summed E-state index contributed by atoms with van der Waals surface area (Å²) in [6.07, 6.45) is 2.23. The number of aryl methyl sites for hydroxylation is 3. The van der Waals surface area contributed by atoms with E-state index >= 15 is 0 Å². The van der Waals surface area contributed by atoms with Crippen LogP contribution in [0, 0.1) is 13.8 Å². The number of halogens is 1. The number of hydrogen-bond donors (Lipinski definition) is 1. The maximum absolute atomic E-state index is 12.2. The van der Waals surface area contributed by atoms with Gasteiger partial charge in [0.2, 0.25) is 5.91 Å². The normalized spacial score (nSPS) is 17.4. The topological polar surface area (TPSA) is 64.2 Å². The summed E-state index contributed by atoms with van der Waals surface area (Å²) in [6.45, 7) is 3.93. The van der Waals surface area contributed by atoms with Gasteiger partial charge in [-0.15, -0.1) is 0 Å². The number of rotatable bonds is 1. The molecule has 0 fully saturated rings. The molecular formula is C16H16ClN5O. The summed E-state index contributed by atoms with van der Waals surface area (Å²) in [4.78, 5) is 16.8. The standard InChI is InChI=1S/C16H16ClN5O/c1-8-14-11(6-13(23)19-16(14)21(3)20-8)15-9(2)18-12-5-4-10(17)7-22(12)15/h4-5,7,11H,6H2,1-3H3,(H,19,23). The smallest absolute Gasteiger partial charge is 0.226 e. The molecule has 0 saturated heterocycles. The van der Waals surface area contributed by atoms with Gasteiger partial charge in [0.15, 0.2) is 0 Å². The van der Waals surface area contributed by atoms with E-state index in [1.54, 1.807) is 4.68 Å². The van der Waals surface area contributed by atoms with Crippen molar-refractivity contribution in [1.82, 2.24) is 19.2 Å². The van der Waals surface area contributed by atoms with Gasteiger partial charge in [0, 0.05) is 31.1 Å². The second-order valence-corrected chi connectivity index (χ2v) is 6.37. The predicted octanol–water partition coefficient (Wildman–Crippen LogP) is 2.81. The first-order valence-corrected chi connectivity index (χ1v) is 7.81. The van der Waals surface area contributed by atoms with Crippen LogP contribution in [0.2, 0.25) is 5.02 Å². The number of imidazole rings is 1. The van der Waals surface area contributed by atoms with Crippen LogP contribution < -0.4 is 5.32 Å². The molecule has 4 heterocycles. The lowest BCUT2D eigenvalue weighted by Gasteiger charge is -2.24. The summed E-state index contributed by atoms with van der Waals surface area (Å²) in [5.74, 6) is 0.669. The van der Waals surface area contributed by atoms with Crippen molar-refractivity contribution >= 4 is 29.0 Å². The molecule has 0 radical (unpaired) electrons. The molecule has 0 aromatic carbocycles. The van der Waals surface area contributed by atoms with E-state index in [0.29, 0.717) is 11.4 Å².